The predicted molar refractivity (Wildman–Crippen MR) is 130 cm³/mol. The van der Waals surface area contributed by atoms with Crippen LogP contribution in [-0.2, 0) is 11.3 Å². The summed E-state index contributed by atoms with van der Waals surface area (Å²) in [5.74, 6) is 0.889. The molecule has 0 saturated carbocycles. The molecular formula is C27H32FN3O3. The van der Waals surface area contributed by atoms with Gasteiger partial charge in [0.05, 0.1) is 12.1 Å². The van der Waals surface area contributed by atoms with Gasteiger partial charge in [-0.3, -0.25) is 4.79 Å². The molecule has 2 aromatic carbocycles. The van der Waals surface area contributed by atoms with Crippen molar-refractivity contribution in [1.82, 2.24) is 10.1 Å². The van der Waals surface area contributed by atoms with Crippen molar-refractivity contribution in [2.45, 2.75) is 32.7 Å². The molecule has 3 aromatic rings. The van der Waals surface area contributed by atoms with Gasteiger partial charge in [0, 0.05) is 44.5 Å². The van der Waals surface area contributed by atoms with E-state index in [0.29, 0.717) is 37.6 Å². The maximum Gasteiger partial charge on any atom is 0.254 e. The van der Waals surface area contributed by atoms with E-state index in [1.54, 1.807) is 12.0 Å². The molecule has 1 fully saturated rings. The molecule has 6 nitrogen and oxygen atoms in total. The van der Waals surface area contributed by atoms with E-state index in [4.69, 9.17) is 9.26 Å². The summed E-state index contributed by atoms with van der Waals surface area (Å²) >= 11 is 0. The number of hydrogen-bond acceptors (Lipinski definition) is 5. The highest BCUT2D eigenvalue weighted by atomic mass is 19.1. The number of carbonyl (C=O) groups excluding carboxylic acids is 1. The predicted octanol–water partition coefficient (Wildman–Crippen LogP) is 5.40. The summed E-state index contributed by atoms with van der Waals surface area (Å²) < 4.78 is 24.6. The zero-order valence-electron chi connectivity index (χ0n) is 19.9. The smallest absolute Gasteiger partial charge is 0.254 e. The molecule has 7 heteroatoms. The third kappa shape index (κ3) is 5.65. The van der Waals surface area contributed by atoms with Gasteiger partial charge in [-0.2, -0.15) is 0 Å². The third-order valence-corrected chi connectivity index (χ3v) is 6.39. The van der Waals surface area contributed by atoms with Crippen molar-refractivity contribution in [1.29, 1.82) is 0 Å². The molecule has 0 radical (unpaired) electrons. The Hall–Kier alpha value is -3.19. The minimum absolute atomic E-state index is 0.158. The second-order valence-corrected chi connectivity index (χ2v) is 8.93. The second-order valence-electron chi connectivity index (χ2n) is 8.93. The Morgan fingerprint density at radius 2 is 1.85 bits per heavy atom. The summed E-state index contributed by atoms with van der Waals surface area (Å²) in [4.78, 5) is 17.5. The molecule has 1 saturated heterocycles. The largest absolute Gasteiger partial charge is 0.385 e. The van der Waals surface area contributed by atoms with E-state index < -0.39 is 0 Å². The molecule has 1 aromatic heterocycles. The maximum atomic E-state index is 13.5. The van der Waals surface area contributed by atoms with Crippen LogP contribution in [-0.4, -0.2) is 49.3 Å². The Bertz CT molecular complexity index is 1060. The number of carbonyl (C=O) groups is 1. The highest BCUT2D eigenvalue weighted by molar-refractivity contribution is 5.94. The van der Waals surface area contributed by atoms with Crippen LogP contribution in [0.5, 0.6) is 0 Å². The van der Waals surface area contributed by atoms with Crippen LogP contribution in [0.3, 0.4) is 0 Å². The average Bonchev–Trinajstić information content (AvgIpc) is 3.28. The van der Waals surface area contributed by atoms with E-state index in [-0.39, 0.29) is 11.7 Å². The van der Waals surface area contributed by atoms with Gasteiger partial charge in [-0.1, -0.05) is 42.4 Å². The van der Waals surface area contributed by atoms with Gasteiger partial charge in [0.1, 0.15) is 11.5 Å². The summed E-state index contributed by atoms with van der Waals surface area (Å²) in [5.41, 5.74) is 3.04. The van der Waals surface area contributed by atoms with Crippen LogP contribution < -0.4 is 4.90 Å². The monoisotopic (exact) mass is 465 g/mol. The van der Waals surface area contributed by atoms with Crippen molar-refractivity contribution in [2.24, 2.45) is 5.92 Å². The lowest BCUT2D eigenvalue weighted by atomic mass is 9.98. The van der Waals surface area contributed by atoms with Gasteiger partial charge in [-0.15, -0.1) is 0 Å². The lowest BCUT2D eigenvalue weighted by Gasteiger charge is -2.31. The van der Waals surface area contributed by atoms with Gasteiger partial charge in [0.15, 0.2) is 0 Å². The standard InChI is InChI=1S/C27H32FN3O3/c1-20-13-16-30(17-14-20)27-24(25(29-34-27)21-7-4-3-5-8-21)19-31(15-6-18-33-2)26(32)22-9-11-23(28)12-10-22/h3-5,7-12,20H,6,13-19H2,1-2H3. The Balaban J connectivity index is 1.68. The summed E-state index contributed by atoms with van der Waals surface area (Å²) in [7, 11) is 1.65. The number of amides is 1. The summed E-state index contributed by atoms with van der Waals surface area (Å²) in [5, 5.41) is 4.44. The fraction of sp³-hybridized carbons (Fsp3) is 0.407. The molecular weight excluding hydrogens is 433 g/mol. The SMILES string of the molecule is COCCCN(Cc1c(-c2ccccc2)noc1N1CCC(C)CC1)C(=O)c1ccc(F)cc1. The molecule has 0 atom stereocenters. The molecule has 0 aliphatic carbocycles. The number of ether oxygens (including phenoxy) is 1. The van der Waals surface area contributed by atoms with E-state index >= 15 is 0 Å². The molecule has 0 spiro atoms. The average molecular weight is 466 g/mol. The van der Waals surface area contributed by atoms with Gasteiger partial charge in [0.25, 0.3) is 5.91 Å². The lowest BCUT2D eigenvalue weighted by molar-refractivity contribution is 0.0724. The van der Waals surface area contributed by atoms with E-state index in [0.717, 1.165) is 48.6 Å². The molecule has 0 bridgehead atoms. The van der Waals surface area contributed by atoms with E-state index in [1.165, 1.54) is 24.3 Å². The van der Waals surface area contributed by atoms with Crippen molar-refractivity contribution < 1.29 is 18.4 Å². The first kappa shape index (κ1) is 24.0. The molecule has 1 aliphatic heterocycles. The first-order valence-electron chi connectivity index (χ1n) is 11.9. The van der Waals surface area contributed by atoms with Gasteiger partial charge < -0.3 is 19.1 Å². The van der Waals surface area contributed by atoms with Crippen LogP contribution in [0.4, 0.5) is 10.3 Å². The fourth-order valence-electron chi connectivity index (χ4n) is 4.34. The van der Waals surface area contributed by atoms with Crippen LogP contribution >= 0.6 is 0 Å². The Morgan fingerprint density at radius 1 is 1.15 bits per heavy atom. The molecule has 0 N–H and O–H groups in total. The molecule has 1 aliphatic rings. The zero-order valence-corrected chi connectivity index (χ0v) is 19.9. The highest BCUT2D eigenvalue weighted by Gasteiger charge is 2.28. The van der Waals surface area contributed by atoms with Crippen molar-refractivity contribution in [3.8, 4) is 11.3 Å². The number of methoxy groups -OCH3 is 1. The topological polar surface area (TPSA) is 58.8 Å². The van der Waals surface area contributed by atoms with Crippen molar-refractivity contribution in [2.75, 3.05) is 38.3 Å². The summed E-state index contributed by atoms with van der Waals surface area (Å²) in [6, 6.07) is 15.6. The van der Waals surface area contributed by atoms with Crippen molar-refractivity contribution >= 4 is 11.8 Å². The van der Waals surface area contributed by atoms with Gasteiger partial charge in [-0.25, -0.2) is 4.39 Å². The first-order valence-corrected chi connectivity index (χ1v) is 11.9. The Labute approximate surface area is 200 Å². The van der Waals surface area contributed by atoms with Crippen LogP contribution in [0.1, 0.15) is 42.1 Å². The molecule has 2 heterocycles. The van der Waals surface area contributed by atoms with Crippen molar-refractivity contribution in [3.05, 3.63) is 71.5 Å². The fourth-order valence-corrected chi connectivity index (χ4v) is 4.34. The highest BCUT2D eigenvalue weighted by Crippen LogP contribution is 2.34. The van der Waals surface area contributed by atoms with Gasteiger partial charge in [-0.05, 0) is 49.4 Å². The molecule has 180 valence electrons. The van der Waals surface area contributed by atoms with Crippen LogP contribution in [0.2, 0.25) is 0 Å². The molecule has 1 amide bonds. The summed E-state index contributed by atoms with van der Waals surface area (Å²) in [6.45, 7) is 5.45. The van der Waals surface area contributed by atoms with Crippen molar-refractivity contribution in [3.63, 3.8) is 0 Å². The number of rotatable bonds is 9. The number of nitrogens with zero attached hydrogens (tertiary/aromatic N) is 3. The zero-order chi connectivity index (χ0) is 23.9. The number of hydrogen-bond donors (Lipinski definition) is 0. The second kappa shape index (κ2) is 11.3. The van der Waals surface area contributed by atoms with E-state index in [2.05, 4.69) is 17.0 Å². The quantitative estimate of drug-likeness (QED) is 0.396. The Kier molecular flexibility index (Phi) is 7.95. The lowest BCUT2D eigenvalue weighted by Crippen LogP contribution is -2.35. The van der Waals surface area contributed by atoms with Gasteiger partial charge >= 0.3 is 0 Å². The molecule has 34 heavy (non-hydrogen) atoms. The molecule has 0 unspecified atom stereocenters. The first-order chi connectivity index (χ1) is 16.6. The van der Waals surface area contributed by atoms with E-state index in [1.807, 2.05) is 30.3 Å². The minimum atomic E-state index is -0.366. The third-order valence-electron chi connectivity index (χ3n) is 6.39. The number of anilines is 1. The number of halogens is 1. The maximum absolute atomic E-state index is 13.5. The van der Waals surface area contributed by atoms with Gasteiger partial charge in [0.2, 0.25) is 5.88 Å². The minimum Gasteiger partial charge on any atom is -0.385 e. The number of piperidine rings is 1. The van der Waals surface area contributed by atoms with E-state index in [9.17, 15) is 9.18 Å². The normalized spacial score (nSPS) is 14.4. The number of benzene rings is 2. The number of aromatic nitrogens is 1. The van der Waals surface area contributed by atoms with Crippen LogP contribution in [0, 0.1) is 11.7 Å². The summed E-state index contributed by atoms with van der Waals surface area (Å²) in [6.07, 6.45) is 2.87. The van der Waals surface area contributed by atoms with Crippen LogP contribution in [0.25, 0.3) is 11.3 Å². The Morgan fingerprint density at radius 3 is 2.53 bits per heavy atom. The molecule has 4 rings (SSSR count). The van der Waals surface area contributed by atoms with Crippen LogP contribution in [0.15, 0.2) is 59.1 Å².